The second-order valence-corrected chi connectivity index (χ2v) is 9.30. The predicted molar refractivity (Wildman–Crippen MR) is 114 cm³/mol. The van der Waals surface area contributed by atoms with Crippen LogP contribution in [-0.4, -0.2) is 32.4 Å². The average Bonchev–Trinajstić information content (AvgIpc) is 2.71. The second kappa shape index (κ2) is 8.84. The van der Waals surface area contributed by atoms with Gasteiger partial charge in [-0.3, -0.25) is 0 Å². The number of rotatable bonds is 6. The summed E-state index contributed by atoms with van der Waals surface area (Å²) in [4.78, 5) is 10.7. The van der Waals surface area contributed by atoms with Crippen LogP contribution in [0.3, 0.4) is 0 Å². The molecular formula is C22H16ClF3O5S. The zero-order valence-electron chi connectivity index (χ0n) is 16.5. The van der Waals surface area contributed by atoms with E-state index in [1.54, 1.807) is 6.07 Å². The molecule has 32 heavy (non-hydrogen) atoms. The molecule has 10 heteroatoms. The zero-order valence-corrected chi connectivity index (χ0v) is 18.1. The topological polar surface area (TPSA) is 80.7 Å². The first-order valence-electron chi connectivity index (χ1n) is 9.02. The van der Waals surface area contributed by atoms with Crippen LogP contribution in [0.1, 0.15) is 5.56 Å². The number of carboxylic acids is 1. The molecule has 3 aromatic rings. The molecule has 0 atom stereocenters. The van der Waals surface area contributed by atoms with E-state index in [0.29, 0.717) is 21.7 Å². The number of hydrogen-bond acceptors (Lipinski definition) is 4. The van der Waals surface area contributed by atoms with Crippen molar-refractivity contribution in [2.75, 3.05) is 12.9 Å². The molecule has 0 fully saturated rings. The summed E-state index contributed by atoms with van der Waals surface area (Å²) in [7, 11) is -3.79. The molecule has 0 spiro atoms. The Balaban J connectivity index is 2.13. The largest absolute Gasteiger partial charge is 0.481 e. The van der Waals surface area contributed by atoms with Crippen molar-refractivity contribution in [2.45, 2.75) is 11.1 Å². The van der Waals surface area contributed by atoms with Gasteiger partial charge in [-0.05, 0) is 47.5 Å². The summed E-state index contributed by atoms with van der Waals surface area (Å²) < 4.78 is 68.8. The number of benzene rings is 3. The molecule has 0 heterocycles. The Hall–Kier alpha value is -3.04. The molecule has 0 bridgehead atoms. The standard InChI is InChI=1S/C22H16ClF3O5S/c1-32(29,30)20-10-14(18-11-16(23)7-9-19(18)31-12-21(27)28)4-8-17(20)13-2-5-15(6-3-13)22(24,25)26/h2-11H,12H2,1H3,(H,27,28). The molecule has 3 rings (SSSR count). The minimum absolute atomic E-state index is 0.112. The Morgan fingerprint density at radius 2 is 1.59 bits per heavy atom. The first kappa shape index (κ1) is 23.6. The highest BCUT2D eigenvalue weighted by molar-refractivity contribution is 7.90. The van der Waals surface area contributed by atoms with Crippen LogP contribution >= 0.6 is 11.6 Å². The van der Waals surface area contributed by atoms with Gasteiger partial charge in [-0.1, -0.05) is 35.9 Å². The molecule has 168 valence electrons. The lowest BCUT2D eigenvalue weighted by Gasteiger charge is -2.15. The van der Waals surface area contributed by atoms with Crippen LogP contribution in [0, 0.1) is 0 Å². The molecule has 0 aliphatic rings. The summed E-state index contributed by atoms with van der Waals surface area (Å²) in [6.07, 6.45) is -3.53. The summed E-state index contributed by atoms with van der Waals surface area (Å²) >= 11 is 6.06. The van der Waals surface area contributed by atoms with E-state index < -0.39 is 34.2 Å². The highest BCUT2D eigenvalue weighted by Gasteiger charge is 2.30. The highest BCUT2D eigenvalue weighted by atomic mass is 35.5. The van der Waals surface area contributed by atoms with E-state index >= 15 is 0 Å². The minimum atomic E-state index is -4.51. The van der Waals surface area contributed by atoms with E-state index in [1.807, 2.05) is 0 Å². The van der Waals surface area contributed by atoms with Crippen LogP contribution in [0.4, 0.5) is 13.2 Å². The number of hydrogen-bond donors (Lipinski definition) is 1. The number of aliphatic carboxylic acids is 1. The Kier molecular flexibility index (Phi) is 6.52. The van der Waals surface area contributed by atoms with E-state index in [9.17, 15) is 26.4 Å². The maximum absolute atomic E-state index is 12.9. The van der Waals surface area contributed by atoms with Gasteiger partial charge in [-0.15, -0.1) is 0 Å². The van der Waals surface area contributed by atoms with Gasteiger partial charge < -0.3 is 9.84 Å². The van der Waals surface area contributed by atoms with Gasteiger partial charge in [-0.2, -0.15) is 13.2 Å². The lowest BCUT2D eigenvalue weighted by Crippen LogP contribution is -2.10. The van der Waals surface area contributed by atoms with Crippen LogP contribution in [0.25, 0.3) is 22.3 Å². The summed E-state index contributed by atoms with van der Waals surface area (Å²) in [5.74, 6) is -1.01. The molecule has 0 amide bonds. The maximum atomic E-state index is 12.9. The Bertz CT molecular complexity index is 1270. The first-order chi connectivity index (χ1) is 14.9. The van der Waals surface area contributed by atoms with Gasteiger partial charge in [-0.25, -0.2) is 13.2 Å². The van der Waals surface area contributed by atoms with Gasteiger partial charge in [0.2, 0.25) is 0 Å². The quantitative estimate of drug-likeness (QED) is 0.495. The van der Waals surface area contributed by atoms with Crippen molar-refractivity contribution in [1.29, 1.82) is 0 Å². The number of carboxylic acid groups (broad SMARTS) is 1. The fourth-order valence-corrected chi connectivity index (χ4v) is 4.17. The highest BCUT2D eigenvalue weighted by Crippen LogP contribution is 2.38. The van der Waals surface area contributed by atoms with Crippen molar-refractivity contribution < 1.29 is 36.2 Å². The Morgan fingerprint density at radius 3 is 2.16 bits per heavy atom. The number of carbonyl (C=O) groups is 1. The molecule has 0 aliphatic carbocycles. The van der Waals surface area contributed by atoms with Crippen LogP contribution < -0.4 is 4.74 Å². The summed E-state index contributed by atoms with van der Waals surface area (Å²) in [5.41, 5.74) is 0.406. The molecule has 0 radical (unpaired) electrons. The van der Waals surface area contributed by atoms with Gasteiger partial charge >= 0.3 is 12.1 Å². The van der Waals surface area contributed by atoms with Crippen molar-refractivity contribution in [1.82, 2.24) is 0 Å². The second-order valence-electron chi connectivity index (χ2n) is 6.88. The maximum Gasteiger partial charge on any atom is 0.416 e. The van der Waals surface area contributed by atoms with E-state index in [2.05, 4.69) is 0 Å². The van der Waals surface area contributed by atoms with E-state index in [1.165, 1.54) is 42.5 Å². The molecule has 0 saturated heterocycles. The van der Waals surface area contributed by atoms with Gasteiger partial charge in [0, 0.05) is 22.4 Å². The number of ether oxygens (including phenoxy) is 1. The van der Waals surface area contributed by atoms with Crippen molar-refractivity contribution in [2.24, 2.45) is 0 Å². The third kappa shape index (κ3) is 5.41. The molecule has 5 nitrogen and oxygen atoms in total. The monoisotopic (exact) mass is 484 g/mol. The summed E-state index contributed by atoms with van der Waals surface area (Å²) in [5, 5.41) is 9.19. The van der Waals surface area contributed by atoms with E-state index in [-0.39, 0.29) is 16.2 Å². The summed E-state index contributed by atoms with van der Waals surface area (Å²) in [6, 6.07) is 13.0. The molecule has 3 aromatic carbocycles. The van der Waals surface area contributed by atoms with Crippen molar-refractivity contribution >= 4 is 27.4 Å². The Morgan fingerprint density at radius 1 is 0.969 bits per heavy atom. The predicted octanol–water partition coefficient (Wildman–Crippen LogP) is 5.56. The lowest BCUT2D eigenvalue weighted by molar-refractivity contribution is -0.139. The number of halogens is 4. The van der Waals surface area contributed by atoms with Crippen LogP contribution in [-0.2, 0) is 20.8 Å². The van der Waals surface area contributed by atoms with Crippen LogP contribution in [0.15, 0.2) is 65.6 Å². The molecule has 0 aliphatic heterocycles. The van der Waals surface area contributed by atoms with Crippen molar-refractivity contribution in [3.05, 3.63) is 71.2 Å². The first-order valence-corrected chi connectivity index (χ1v) is 11.3. The zero-order chi connectivity index (χ0) is 23.7. The molecule has 0 saturated carbocycles. The van der Waals surface area contributed by atoms with Crippen LogP contribution in [0.5, 0.6) is 5.75 Å². The fourth-order valence-electron chi connectivity index (χ4n) is 3.07. The molecule has 0 unspecified atom stereocenters. The van der Waals surface area contributed by atoms with Crippen LogP contribution in [0.2, 0.25) is 5.02 Å². The molecule has 0 aromatic heterocycles. The van der Waals surface area contributed by atoms with Crippen molar-refractivity contribution in [3.8, 4) is 28.0 Å². The van der Waals surface area contributed by atoms with E-state index in [0.717, 1.165) is 18.4 Å². The van der Waals surface area contributed by atoms with Gasteiger partial charge in [0.25, 0.3) is 0 Å². The fraction of sp³-hybridized carbons (Fsp3) is 0.136. The average molecular weight is 485 g/mol. The van der Waals surface area contributed by atoms with Gasteiger partial charge in [0.1, 0.15) is 5.75 Å². The SMILES string of the molecule is CS(=O)(=O)c1cc(-c2cc(Cl)ccc2OCC(=O)O)ccc1-c1ccc(C(F)(F)F)cc1. The minimum Gasteiger partial charge on any atom is -0.481 e. The lowest BCUT2D eigenvalue weighted by atomic mass is 9.99. The Labute approximate surface area is 186 Å². The van der Waals surface area contributed by atoms with Crippen molar-refractivity contribution in [3.63, 3.8) is 0 Å². The molecular weight excluding hydrogens is 469 g/mol. The van der Waals surface area contributed by atoms with E-state index in [4.69, 9.17) is 21.4 Å². The third-order valence-electron chi connectivity index (χ3n) is 4.51. The van der Waals surface area contributed by atoms with Gasteiger partial charge in [0.15, 0.2) is 16.4 Å². The number of sulfone groups is 1. The molecule has 1 N–H and O–H groups in total. The van der Waals surface area contributed by atoms with Gasteiger partial charge in [0.05, 0.1) is 10.5 Å². The summed E-state index contributed by atoms with van der Waals surface area (Å²) in [6.45, 7) is -0.614. The smallest absolute Gasteiger partial charge is 0.416 e. The normalized spacial score (nSPS) is 11.9. The number of alkyl halides is 3. The third-order valence-corrected chi connectivity index (χ3v) is 5.88.